The van der Waals surface area contributed by atoms with Crippen molar-refractivity contribution in [2.45, 2.75) is 27.2 Å². The van der Waals surface area contributed by atoms with Gasteiger partial charge in [-0.3, -0.25) is 5.84 Å². The molecule has 0 aliphatic carbocycles. The van der Waals surface area contributed by atoms with Crippen LogP contribution in [0.1, 0.15) is 31.4 Å². The van der Waals surface area contributed by atoms with E-state index in [0.29, 0.717) is 0 Å². The van der Waals surface area contributed by atoms with Crippen LogP contribution in [0.5, 0.6) is 0 Å². The minimum Gasteiger partial charge on any atom is -0.324 e. The molecule has 0 aliphatic heterocycles. The summed E-state index contributed by atoms with van der Waals surface area (Å²) in [5.41, 5.74) is 7.36. The zero-order valence-electron chi connectivity index (χ0n) is 16.0. The summed E-state index contributed by atoms with van der Waals surface area (Å²) in [7, 11) is 0. The third-order valence-electron chi connectivity index (χ3n) is 3.61. The van der Waals surface area contributed by atoms with E-state index in [9.17, 15) is 0 Å². The Labute approximate surface area is 158 Å². The quantitative estimate of drug-likeness (QED) is 0.385. The maximum atomic E-state index is 5.60. The standard InChI is InChI=1S/C17H22N2.C7H8/c1-3-5-10-15(9-4-2)13-14-17(19-18)16-11-7-6-8-12-16;1-7-5-3-2-4-6-7/h3-12,14,19H,13,18H2,1-2H3;2-6H,1H3/b5-3+,9-4-,15-10+,17-14-;. The fourth-order valence-electron chi connectivity index (χ4n) is 2.26. The van der Waals surface area contributed by atoms with Crippen molar-refractivity contribution in [3.05, 3.63) is 114 Å². The zero-order valence-corrected chi connectivity index (χ0v) is 16.0. The molecule has 0 spiro atoms. The zero-order chi connectivity index (χ0) is 19.0. The molecule has 0 bridgehead atoms. The second kappa shape index (κ2) is 13.5. The van der Waals surface area contributed by atoms with E-state index < -0.39 is 0 Å². The molecule has 2 nitrogen and oxygen atoms in total. The van der Waals surface area contributed by atoms with E-state index >= 15 is 0 Å². The molecule has 0 heterocycles. The summed E-state index contributed by atoms with van der Waals surface area (Å²) in [4.78, 5) is 0. The van der Waals surface area contributed by atoms with Gasteiger partial charge in [-0.25, -0.2) is 0 Å². The second-order valence-electron chi connectivity index (χ2n) is 5.75. The van der Waals surface area contributed by atoms with Crippen LogP contribution in [0.3, 0.4) is 0 Å². The molecule has 3 N–H and O–H groups in total. The Balaban J connectivity index is 0.000000401. The lowest BCUT2D eigenvalue weighted by molar-refractivity contribution is 0.984. The fraction of sp³-hybridized carbons (Fsp3) is 0.167. The minimum absolute atomic E-state index is 0.836. The predicted molar refractivity (Wildman–Crippen MR) is 115 cm³/mol. The summed E-state index contributed by atoms with van der Waals surface area (Å²) >= 11 is 0. The highest BCUT2D eigenvalue weighted by atomic mass is 15.2. The molecule has 2 aromatic carbocycles. The first kappa shape index (κ1) is 21.2. The van der Waals surface area contributed by atoms with Crippen LogP contribution in [0, 0.1) is 6.92 Å². The number of rotatable bonds is 6. The fourth-order valence-corrected chi connectivity index (χ4v) is 2.26. The van der Waals surface area contributed by atoms with Gasteiger partial charge < -0.3 is 5.43 Å². The smallest absolute Gasteiger partial charge is 0.0520 e. The number of aryl methyl sites for hydroxylation is 1. The van der Waals surface area contributed by atoms with E-state index in [1.807, 2.05) is 80.6 Å². The molecule has 0 unspecified atom stereocenters. The summed E-state index contributed by atoms with van der Waals surface area (Å²) in [6, 6.07) is 20.3. The van der Waals surface area contributed by atoms with Crippen molar-refractivity contribution in [1.82, 2.24) is 5.43 Å². The number of allylic oxidation sites excluding steroid dienone is 7. The van der Waals surface area contributed by atoms with Crippen LogP contribution >= 0.6 is 0 Å². The lowest BCUT2D eigenvalue weighted by Crippen LogP contribution is -2.19. The van der Waals surface area contributed by atoms with Crippen LogP contribution in [0.15, 0.2) is 103 Å². The highest BCUT2D eigenvalue weighted by Gasteiger charge is 1.98. The molecule has 0 saturated heterocycles. The van der Waals surface area contributed by atoms with Crippen molar-refractivity contribution in [2.24, 2.45) is 5.84 Å². The normalized spacial score (nSPS) is 12.2. The Morgan fingerprint density at radius 2 is 1.54 bits per heavy atom. The van der Waals surface area contributed by atoms with Gasteiger partial charge in [-0.05, 0) is 38.3 Å². The molecular formula is C24H30N2. The van der Waals surface area contributed by atoms with Gasteiger partial charge in [0.15, 0.2) is 0 Å². The van der Waals surface area contributed by atoms with E-state index in [-0.39, 0.29) is 0 Å². The first-order valence-corrected chi connectivity index (χ1v) is 8.89. The SMILES string of the molecule is C\C=C/C(=C\C=C\C)C/C=C(\NN)c1ccccc1.Cc1ccccc1. The molecule has 0 atom stereocenters. The van der Waals surface area contributed by atoms with Crippen LogP contribution in [-0.2, 0) is 0 Å². The van der Waals surface area contributed by atoms with Gasteiger partial charge in [-0.15, -0.1) is 0 Å². The van der Waals surface area contributed by atoms with E-state index in [1.54, 1.807) is 0 Å². The van der Waals surface area contributed by atoms with Crippen molar-refractivity contribution >= 4 is 5.70 Å². The molecule has 2 heteroatoms. The number of nitrogens with two attached hydrogens (primary N) is 1. The van der Waals surface area contributed by atoms with E-state index in [2.05, 4.69) is 42.7 Å². The van der Waals surface area contributed by atoms with E-state index in [0.717, 1.165) is 17.7 Å². The molecule has 0 amide bonds. The van der Waals surface area contributed by atoms with Gasteiger partial charge in [0.1, 0.15) is 0 Å². The Hall–Kier alpha value is -2.84. The predicted octanol–water partition coefficient (Wildman–Crippen LogP) is 5.95. The molecule has 0 fully saturated rings. The monoisotopic (exact) mass is 346 g/mol. The van der Waals surface area contributed by atoms with Gasteiger partial charge in [0.25, 0.3) is 0 Å². The largest absolute Gasteiger partial charge is 0.324 e. The Bertz CT molecular complexity index is 723. The minimum atomic E-state index is 0.836. The van der Waals surface area contributed by atoms with Crippen molar-refractivity contribution in [3.8, 4) is 0 Å². The molecule has 0 radical (unpaired) electrons. The lowest BCUT2D eigenvalue weighted by atomic mass is 10.1. The second-order valence-corrected chi connectivity index (χ2v) is 5.75. The third-order valence-corrected chi connectivity index (χ3v) is 3.61. The van der Waals surface area contributed by atoms with E-state index in [1.165, 1.54) is 11.1 Å². The van der Waals surface area contributed by atoms with Gasteiger partial charge in [0.05, 0.1) is 5.70 Å². The molecule has 26 heavy (non-hydrogen) atoms. The summed E-state index contributed by atoms with van der Waals surface area (Å²) < 4.78 is 0. The Morgan fingerprint density at radius 1 is 0.923 bits per heavy atom. The van der Waals surface area contributed by atoms with Crippen LogP contribution in [0.25, 0.3) is 5.70 Å². The average molecular weight is 347 g/mol. The summed E-state index contributed by atoms with van der Waals surface area (Å²) in [6.07, 6.45) is 13.3. The van der Waals surface area contributed by atoms with Crippen molar-refractivity contribution in [2.75, 3.05) is 0 Å². The maximum Gasteiger partial charge on any atom is 0.0520 e. The van der Waals surface area contributed by atoms with Crippen molar-refractivity contribution < 1.29 is 0 Å². The first-order valence-electron chi connectivity index (χ1n) is 8.89. The molecule has 136 valence electrons. The molecule has 0 aliphatic rings. The highest BCUT2D eigenvalue weighted by molar-refractivity contribution is 5.63. The number of benzene rings is 2. The van der Waals surface area contributed by atoms with Gasteiger partial charge in [0.2, 0.25) is 0 Å². The molecular weight excluding hydrogens is 316 g/mol. The Kier molecular flexibility index (Phi) is 11.0. The highest BCUT2D eigenvalue weighted by Crippen LogP contribution is 2.14. The van der Waals surface area contributed by atoms with E-state index in [4.69, 9.17) is 5.84 Å². The lowest BCUT2D eigenvalue weighted by Gasteiger charge is -2.07. The van der Waals surface area contributed by atoms with Crippen LogP contribution in [0.2, 0.25) is 0 Å². The van der Waals surface area contributed by atoms with Gasteiger partial charge in [-0.2, -0.15) is 0 Å². The molecule has 2 aromatic rings. The van der Waals surface area contributed by atoms with Gasteiger partial charge in [-0.1, -0.05) is 103 Å². The summed E-state index contributed by atoms with van der Waals surface area (Å²) in [5, 5.41) is 0. The van der Waals surface area contributed by atoms with Gasteiger partial charge >= 0.3 is 0 Å². The third kappa shape index (κ3) is 8.86. The topological polar surface area (TPSA) is 38.0 Å². The van der Waals surface area contributed by atoms with Crippen LogP contribution in [-0.4, -0.2) is 0 Å². The first-order chi connectivity index (χ1) is 12.7. The molecule has 0 saturated carbocycles. The summed E-state index contributed by atoms with van der Waals surface area (Å²) in [6.45, 7) is 6.11. The summed E-state index contributed by atoms with van der Waals surface area (Å²) in [5.74, 6) is 5.60. The Morgan fingerprint density at radius 3 is 2.00 bits per heavy atom. The number of hydrogen-bond donors (Lipinski definition) is 2. The van der Waals surface area contributed by atoms with Crippen LogP contribution in [0.4, 0.5) is 0 Å². The maximum absolute atomic E-state index is 5.60. The van der Waals surface area contributed by atoms with Gasteiger partial charge in [0, 0.05) is 0 Å². The van der Waals surface area contributed by atoms with Crippen molar-refractivity contribution in [1.29, 1.82) is 0 Å². The van der Waals surface area contributed by atoms with Crippen LogP contribution < -0.4 is 11.3 Å². The average Bonchev–Trinajstić information content (AvgIpc) is 2.68. The number of nitrogens with one attached hydrogen (secondary N) is 1. The molecule has 0 aromatic heterocycles. The molecule has 2 rings (SSSR count). The van der Waals surface area contributed by atoms with Crippen molar-refractivity contribution in [3.63, 3.8) is 0 Å². The number of hydrazine groups is 1. The number of hydrogen-bond acceptors (Lipinski definition) is 2.